The van der Waals surface area contributed by atoms with Crippen molar-refractivity contribution in [3.05, 3.63) is 0 Å². The molecule has 0 radical (unpaired) electrons. The molecule has 26 heavy (non-hydrogen) atoms. The molecule has 12 heteroatoms. The third-order valence-electron chi connectivity index (χ3n) is 4.11. The highest BCUT2D eigenvalue weighted by Crippen LogP contribution is 2.12. The molecule has 2 heterocycles. The molecule has 0 unspecified atom stereocenters. The van der Waals surface area contributed by atoms with E-state index in [1.165, 1.54) is 0 Å². The van der Waals surface area contributed by atoms with Crippen LogP contribution in [-0.2, 0) is 29.1 Å². The Balaban J connectivity index is 1.47. The van der Waals surface area contributed by atoms with Gasteiger partial charge in [-0.3, -0.25) is 0 Å². The van der Waals surface area contributed by atoms with Crippen LogP contribution in [-0.4, -0.2) is 77.3 Å². The van der Waals surface area contributed by atoms with Gasteiger partial charge in [0.2, 0.25) is 0 Å². The molecule has 2 amide bonds. The Bertz CT molecular complexity index is 657. The number of alkyl carbamates (subject to hydrolysis) is 2. The highest BCUT2D eigenvalue weighted by Gasteiger charge is 2.30. The third kappa shape index (κ3) is 7.36. The van der Waals surface area contributed by atoms with Crippen LogP contribution in [0.25, 0.3) is 0 Å². The maximum atomic E-state index is 11.5. The lowest BCUT2D eigenvalue weighted by molar-refractivity contribution is 0.125. The number of nitrogens with one attached hydrogen (secondary N) is 2. The smallest absolute Gasteiger partial charge is 0.407 e. The van der Waals surface area contributed by atoms with Crippen LogP contribution >= 0.6 is 0 Å². The van der Waals surface area contributed by atoms with Crippen LogP contribution in [0.15, 0.2) is 0 Å². The summed E-state index contributed by atoms with van der Waals surface area (Å²) < 4.78 is 55.0. The van der Waals surface area contributed by atoms with Gasteiger partial charge in [0.15, 0.2) is 19.7 Å². The van der Waals surface area contributed by atoms with Gasteiger partial charge in [-0.25, -0.2) is 26.4 Å². The Morgan fingerprint density at radius 1 is 0.769 bits per heavy atom. The second kappa shape index (κ2) is 8.89. The van der Waals surface area contributed by atoms with E-state index in [0.29, 0.717) is 25.7 Å². The lowest BCUT2D eigenvalue weighted by Crippen LogP contribution is -2.36. The van der Waals surface area contributed by atoms with Crippen LogP contribution in [0.1, 0.15) is 25.7 Å². The largest absolute Gasteiger partial charge is 0.450 e. The van der Waals surface area contributed by atoms with E-state index in [0.717, 1.165) is 0 Å². The van der Waals surface area contributed by atoms with Gasteiger partial charge in [0, 0.05) is 12.1 Å². The van der Waals surface area contributed by atoms with Crippen molar-refractivity contribution in [2.45, 2.75) is 37.8 Å². The fraction of sp³-hybridized carbons (Fsp3) is 0.857. The van der Waals surface area contributed by atoms with Gasteiger partial charge in [-0.1, -0.05) is 0 Å². The van der Waals surface area contributed by atoms with E-state index < -0.39 is 43.9 Å². The second-order valence-corrected chi connectivity index (χ2v) is 10.9. The van der Waals surface area contributed by atoms with E-state index in [2.05, 4.69) is 10.6 Å². The molecule has 0 aromatic rings. The summed E-state index contributed by atoms with van der Waals surface area (Å²) in [6, 6.07) is -0.808. The van der Waals surface area contributed by atoms with Crippen LogP contribution in [0, 0.1) is 0 Å². The average Bonchev–Trinajstić information content (AvgIpc) is 3.04. The minimum absolute atomic E-state index is 0.0622. The third-order valence-corrected chi connectivity index (χ3v) is 7.65. The molecular formula is C14H24N2O8S2. The topological polar surface area (TPSA) is 145 Å². The number of carbonyl (C=O) groups is 2. The van der Waals surface area contributed by atoms with Crippen molar-refractivity contribution in [2.24, 2.45) is 0 Å². The number of hydrogen-bond acceptors (Lipinski definition) is 8. The molecule has 0 bridgehead atoms. The van der Waals surface area contributed by atoms with Gasteiger partial charge >= 0.3 is 12.2 Å². The molecule has 2 N–H and O–H groups in total. The van der Waals surface area contributed by atoms with E-state index in [9.17, 15) is 26.4 Å². The molecule has 0 saturated carbocycles. The van der Waals surface area contributed by atoms with E-state index in [4.69, 9.17) is 9.47 Å². The molecule has 2 atom stereocenters. The zero-order chi connectivity index (χ0) is 19.2. The van der Waals surface area contributed by atoms with Crippen LogP contribution < -0.4 is 10.6 Å². The molecule has 2 fully saturated rings. The molecule has 0 spiro atoms. The van der Waals surface area contributed by atoms with E-state index in [1.807, 2.05) is 0 Å². The summed E-state index contributed by atoms with van der Waals surface area (Å²) in [5.74, 6) is 0.0228. The first kappa shape index (κ1) is 20.7. The minimum Gasteiger partial charge on any atom is -0.450 e. The minimum atomic E-state index is -3.06. The molecule has 0 aromatic carbocycles. The number of unbranched alkanes of at least 4 members (excludes halogenated alkanes) is 1. The standard InChI is InChI=1S/C14H24N2O8S2/c17-13(15-11-3-7-25(19,20)9-11)23-5-1-2-6-24-14(18)16-12-4-8-26(21,22)10-12/h11-12H,1-10H2,(H,15,17)(H,16,18)/t11-,12-/m0/s1. The SMILES string of the molecule is O=C(N[C@H]1CCS(=O)(=O)C1)OCCCCOC(=O)N[C@H]1CCS(=O)(=O)C1. The van der Waals surface area contributed by atoms with Crippen molar-refractivity contribution in [1.29, 1.82) is 0 Å². The van der Waals surface area contributed by atoms with Crippen molar-refractivity contribution >= 4 is 31.9 Å². The van der Waals surface area contributed by atoms with Crippen LogP contribution in [0.4, 0.5) is 9.59 Å². The molecule has 10 nitrogen and oxygen atoms in total. The van der Waals surface area contributed by atoms with Gasteiger partial charge in [-0.05, 0) is 25.7 Å². The average molecular weight is 412 g/mol. The highest BCUT2D eigenvalue weighted by atomic mass is 32.2. The Morgan fingerprint density at radius 3 is 1.46 bits per heavy atom. The normalized spacial score (nSPS) is 26.2. The molecule has 2 aliphatic rings. The molecule has 0 aromatic heterocycles. The maximum absolute atomic E-state index is 11.5. The lowest BCUT2D eigenvalue weighted by atomic mass is 10.3. The van der Waals surface area contributed by atoms with Crippen molar-refractivity contribution in [1.82, 2.24) is 10.6 Å². The zero-order valence-corrected chi connectivity index (χ0v) is 15.9. The fourth-order valence-corrected chi connectivity index (χ4v) is 6.11. The van der Waals surface area contributed by atoms with Crippen LogP contribution in [0.3, 0.4) is 0 Å². The molecule has 2 aliphatic heterocycles. The molecular weight excluding hydrogens is 388 g/mol. The zero-order valence-electron chi connectivity index (χ0n) is 14.3. The Labute approximate surface area is 152 Å². The number of ether oxygens (including phenoxy) is 2. The van der Waals surface area contributed by atoms with E-state index >= 15 is 0 Å². The molecule has 0 aliphatic carbocycles. The Hall–Kier alpha value is -1.56. The van der Waals surface area contributed by atoms with Crippen LogP contribution in [0.5, 0.6) is 0 Å². The quantitative estimate of drug-likeness (QED) is 0.537. The molecule has 2 rings (SSSR count). The Kier molecular flexibility index (Phi) is 7.09. The van der Waals surface area contributed by atoms with Crippen molar-refractivity contribution in [3.63, 3.8) is 0 Å². The lowest BCUT2D eigenvalue weighted by Gasteiger charge is -2.12. The van der Waals surface area contributed by atoms with Gasteiger partial charge in [0.1, 0.15) is 0 Å². The second-order valence-electron chi connectivity index (χ2n) is 6.47. The highest BCUT2D eigenvalue weighted by molar-refractivity contribution is 7.91. The first-order valence-corrected chi connectivity index (χ1v) is 12.1. The summed E-state index contributed by atoms with van der Waals surface area (Å²) in [4.78, 5) is 23.0. The van der Waals surface area contributed by atoms with Crippen molar-refractivity contribution < 1.29 is 35.9 Å². The van der Waals surface area contributed by atoms with Crippen LogP contribution in [0.2, 0.25) is 0 Å². The van der Waals surface area contributed by atoms with Crippen molar-refractivity contribution in [3.8, 4) is 0 Å². The summed E-state index contributed by atoms with van der Waals surface area (Å²) in [6.07, 6.45) is 0.412. The molecule has 2 saturated heterocycles. The first-order chi connectivity index (χ1) is 12.2. The molecule has 150 valence electrons. The number of carbonyl (C=O) groups excluding carboxylic acids is 2. The predicted molar refractivity (Wildman–Crippen MR) is 92.3 cm³/mol. The predicted octanol–water partition coefficient (Wildman–Crippen LogP) is -0.407. The summed E-state index contributed by atoms with van der Waals surface area (Å²) in [5.41, 5.74) is 0. The monoisotopic (exact) mass is 412 g/mol. The van der Waals surface area contributed by atoms with Gasteiger partial charge in [0.25, 0.3) is 0 Å². The summed E-state index contributed by atoms with van der Waals surface area (Å²) in [5, 5.41) is 5.01. The summed E-state index contributed by atoms with van der Waals surface area (Å²) in [7, 11) is -6.11. The van der Waals surface area contributed by atoms with E-state index in [-0.39, 0.29) is 36.2 Å². The summed E-state index contributed by atoms with van der Waals surface area (Å²) in [6.45, 7) is 0.244. The van der Waals surface area contributed by atoms with Gasteiger partial charge < -0.3 is 20.1 Å². The van der Waals surface area contributed by atoms with Crippen molar-refractivity contribution in [2.75, 3.05) is 36.2 Å². The van der Waals surface area contributed by atoms with Gasteiger partial charge in [0.05, 0.1) is 36.2 Å². The van der Waals surface area contributed by atoms with Gasteiger partial charge in [-0.2, -0.15) is 0 Å². The summed E-state index contributed by atoms with van der Waals surface area (Å²) >= 11 is 0. The number of sulfone groups is 2. The maximum Gasteiger partial charge on any atom is 0.407 e. The number of hydrogen-bond donors (Lipinski definition) is 2. The number of amides is 2. The fourth-order valence-electron chi connectivity index (χ4n) is 2.77. The Morgan fingerprint density at radius 2 is 1.15 bits per heavy atom. The number of rotatable bonds is 7. The van der Waals surface area contributed by atoms with Gasteiger partial charge in [-0.15, -0.1) is 0 Å². The van der Waals surface area contributed by atoms with E-state index in [1.54, 1.807) is 0 Å². The first-order valence-electron chi connectivity index (χ1n) is 8.43.